The summed E-state index contributed by atoms with van der Waals surface area (Å²) in [5.41, 5.74) is 2.06. The Labute approximate surface area is 182 Å². The standard InChI is InChI=1S/C21H18N4O5S/c1-28-18-8-15(9-19(29-2)20(18)30-3)23-11-14(10-22)21-24-17(12-31-21)13-5-4-6-16(7-13)25(26)27/h4-9,11-12,23H,1-3H3. The molecule has 3 rings (SSSR count). The zero-order valence-electron chi connectivity index (χ0n) is 16.9. The predicted octanol–water partition coefficient (Wildman–Crippen LogP) is 4.72. The molecule has 1 N–H and O–H groups in total. The van der Waals surface area contributed by atoms with E-state index >= 15 is 0 Å². The summed E-state index contributed by atoms with van der Waals surface area (Å²) in [7, 11) is 4.55. The Balaban J connectivity index is 1.88. The molecule has 0 aliphatic carbocycles. The normalized spacial score (nSPS) is 10.8. The fourth-order valence-electron chi connectivity index (χ4n) is 2.77. The molecule has 0 spiro atoms. The van der Waals surface area contributed by atoms with E-state index in [1.54, 1.807) is 29.6 Å². The molecule has 0 unspecified atom stereocenters. The summed E-state index contributed by atoms with van der Waals surface area (Å²) < 4.78 is 16.0. The van der Waals surface area contributed by atoms with Gasteiger partial charge in [-0.05, 0) is 0 Å². The largest absolute Gasteiger partial charge is 0.493 e. The first-order valence-electron chi connectivity index (χ1n) is 8.88. The number of nitro benzene ring substituents is 1. The summed E-state index contributed by atoms with van der Waals surface area (Å²) in [4.78, 5) is 15.0. The van der Waals surface area contributed by atoms with Crippen LogP contribution in [0.4, 0.5) is 11.4 Å². The van der Waals surface area contributed by atoms with Crippen molar-refractivity contribution in [3.8, 4) is 34.6 Å². The molecule has 3 aromatic rings. The van der Waals surface area contributed by atoms with Gasteiger partial charge in [-0.2, -0.15) is 5.26 Å². The number of allylic oxidation sites excluding steroid dienone is 1. The highest BCUT2D eigenvalue weighted by Crippen LogP contribution is 2.40. The lowest BCUT2D eigenvalue weighted by molar-refractivity contribution is -0.384. The summed E-state index contributed by atoms with van der Waals surface area (Å²) in [6.07, 6.45) is 1.52. The number of benzene rings is 2. The summed E-state index contributed by atoms with van der Waals surface area (Å²) in [6, 6.07) is 11.7. The van der Waals surface area contributed by atoms with Gasteiger partial charge in [0.25, 0.3) is 5.69 Å². The molecule has 0 fully saturated rings. The van der Waals surface area contributed by atoms with Crippen LogP contribution in [0.3, 0.4) is 0 Å². The Morgan fingerprint density at radius 2 is 1.90 bits per heavy atom. The number of thiazole rings is 1. The van der Waals surface area contributed by atoms with Crippen LogP contribution in [-0.2, 0) is 0 Å². The number of non-ortho nitro benzene ring substituents is 1. The summed E-state index contributed by atoms with van der Waals surface area (Å²) in [6.45, 7) is 0. The van der Waals surface area contributed by atoms with Crippen LogP contribution in [0.2, 0.25) is 0 Å². The number of methoxy groups -OCH3 is 3. The van der Waals surface area contributed by atoms with E-state index in [1.165, 1.54) is 51.0 Å². The highest BCUT2D eigenvalue weighted by Gasteiger charge is 2.14. The number of hydrogen-bond donors (Lipinski definition) is 1. The molecule has 0 aliphatic heterocycles. The van der Waals surface area contributed by atoms with Crippen molar-refractivity contribution >= 4 is 28.3 Å². The van der Waals surface area contributed by atoms with Gasteiger partial charge >= 0.3 is 0 Å². The molecule has 9 nitrogen and oxygen atoms in total. The molecule has 0 amide bonds. The van der Waals surface area contributed by atoms with Crippen molar-refractivity contribution < 1.29 is 19.1 Å². The lowest BCUT2D eigenvalue weighted by Gasteiger charge is -2.14. The van der Waals surface area contributed by atoms with Crippen LogP contribution in [0.15, 0.2) is 48.0 Å². The van der Waals surface area contributed by atoms with Crippen LogP contribution >= 0.6 is 11.3 Å². The number of ether oxygens (including phenoxy) is 3. The fourth-order valence-corrected chi connectivity index (χ4v) is 3.57. The second-order valence-electron chi connectivity index (χ2n) is 6.07. The van der Waals surface area contributed by atoms with Crippen molar-refractivity contribution in [1.82, 2.24) is 4.98 Å². The Morgan fingerprint density at radius 3 is 2.48 bits per heavy atom. The summed E-state index contributed by atoms with van der Waals surface area (Å²) in [5, 5.41) is 25.9. The van der Waals surface area contributed by atoms with Crippen molar-refractivity contribution in [3.63, 3.8) is 0 Å². The van der Waals surface area contributed by atoms with Gasteiger partial charge in [-0.1, -0.05) is 12.1 Å². The number of nitrogens with zero attached hydrogens (tertiary/aromatic N) is 3. The molecule has 0 atom stereocenters. The van der Waals surface area contributed by atoms with E-state index in [1.807, 2.05) is 0 Å². The quantitative estimate of drug-likeness (QED) is 0.305. The van der Waals surface area contributed by atoms with Crippen LogP contribution in [0.25, 0.3) is 16.8 Å². The maximum Gasteiger partial charge on any atom is 0.270 e. The van der Waals surface area contributed by atoms with Crippen molar-refractivity contribution in [2.24, 2.45) is 0 Å². The van der Waals surface area contributed by atoms with Gasteiger partial charge in [-0.3, -0.25) is 10.1 Å². The molecule has 0 aliphatic rings. The van der Waals surface area contributed by atoms with Crippen molar-refractivity contribution in [2.75, 3.05) is 26.6 Å². The van der Waals surface area contributed by atoms with Gasteiger partial charge in [0, 0.05) is 47.1 Å². The maximum atomic E-state index is 11.0. The molecule has 0 saturated carbocycles. The van der Waals surface area contributed by atoms with E-state index in [0.29, 0.717) is 44.8 Å². The van der Waals surface area contributed by atoms with E-state index in [4.69, 9.17) is 14.2 Å². The highest BCUT2D eigenvalue weighted by atomic mass is 32.1. The Hall–Kier alpha value is -4.10. The van der Waals surface area contributed by atoms with Gasteiger partial charge in [-0.25, -0.2) is 4.98 Å². The van der Waals surface area contributed by atoms with Crippen LogP contribution in [0, 0.1) is 21.4 Å². The maximum absolute atomic E-state index is 11.0. The van der Waals surface area contributed by atoms with E-state index in [9.17, 15) is 15.4 Å². The van der Waals surface area contributed by atoms with Gasteiger partial charge < -0.3 is 19.5 Å². The topological polar surface area (TPSA) is 120 Å². The van der Waals surface area contributed by atoms with Crippen molar-refractivity contribution in [2.45, 2.75) is 0 Å². The predicted molar refractivity (Wildman–Crippen MR) is 118 cm³/mol. The third-order valence-corrected chi connectivity index (χ3v) is 5.13. The smallest absolute Gasteiger partial charge is 0.270 e. The summed E-state index contributed by atoms with van der Waals surface area (Å²) in [5.74, 6) is 1.40. The molecular weight excluding hydrogens is 420 g/mol. The number of hydrogen-bond acceptors (Lipinski definition) is 9. The number of aromatic nitrogens is 1. The first-order valence-corrected chi connectivity index (χ1v) is 9.76. The molecule has 1 heterocycles. The third-order valence-electron chi connectivity index (χ3n) is 4.26. The number of nitrogens with one attached hydrogen (secondary N) is 1. The fraction of sp³-hybridized carbons (Fsp3) is 0.143. The number of rotatable bonds is 8. The Kier molecular flexibility index (Phi) is 6.69. The summed E-state index contributed by atoms with van der Waals surface area (Å²) >= 11 is 1.27. The average molecular weight is 438 g/mol. The molecule has 31 heavy (non-hydrogen) atoms. The van der Waals surface area contributed by atoms with Gasteiger partial charge in [0.15, 0.2) is 11.5 Å². The minimum Gasteiger partial charge on any atom is -0.493 e. The lowest BCUT2D eigenvalue weighted by atomic mass is 10.1. The minimum atomic E-state index is -0.460. The first-order chi connectivity index (χ1) is 15.0. The van der Waals surface area contributed by atoms with Gasteiger partial charge in [-0.15, -0.1) is 11.3 Å². The number of nitro groups is 1. The molecule has 0 bridgehead atoms. The van der Waals surface area contributed by atoms with E-state index in [-0.39, 0.29) is 5.69 Å². The van der Waals surface area contributed by atoms with Crippen LogP contribution in [0.5, 0.6) is 17.2 Å². The van der Waals surface area contributed by atoms with Gasteiger partial charge in [0.2, 0.25) is 5.75 Å². The second-order valence-corrected chi connectivity index (χ2v) is 6.93. The minimum absolute atomic E-state index is 0.0211. The Morgan fingerprint density at radius 1 is 1.19 bits per heavy atom. The van der Waals surface area contributed by atoms with Gasteiger partial charge in [0.1, 0.15) is 16.6 Å². The molecule has 1 aromatic heterocycles. The van der Waals surface area contributed by atoms with Crippen LogP contribution < -0.4 is 19.5 Å². The highest BCUT2D eigenvalue weighted by molar-refractivity contribution is 7.11. The zero-order valence-corrected chi connectivity index (χ0v) is 17.7. The lowest BCUT2D eigenvalue weighted by Crippen LogP contribution is -1.98. The van der Waals surface area contributed by atoms with E-state index in [2.05, 4.69) is 16.4 Å². The molecule has 158 valence electrons. The van der Waals surface area contributed by atoms with E-state index < -0.39 is 4.92 Å². The first kappa shape index (κ1) is 21.6. The van der Waals surface area contributed by atoms with Gasteiger partial charge in [0.05, 0.1) is 31.9 Å². The van der Waals surface area contributed by atoms with Crippen molar-refractivity contribution in [3.05, 3.63) is 63.1 Å². The zero-order chi connectivity index (χ0) is 22.4. The molecule has 0 saturated heterocycles. The monoisotopic (exact) mass is 438 g/mol. The molecule has 0 radical (unpaired) electrons. The average Bonchev–Trinajstić information content (AvgIpc) is 3.28. The van der Waals surface area contributed by atoms with E-state index in [0.717, 1.165) is 0 Å². The number of nitriles is 1. The molecule has 2 aromatic carbocycles. The Bertz CT molecular complexity index is 1160. The third kappa shape index (κ3) is 4.73. The molecule has 10 heteroatoms. The molecular formula is C21H18N4O5S. The van der Waals surface area contributed by atoms with Crippen molar-refractivity contribution in [1.29, 1.82) is 5.26 Å². The SMILES string of the molecule is COc1cc(NC=C(C#N)c2nc(-c3cccc([N+](=O)[O-])c3)cs2)cc(OC)c1OC. The van der Waals surface area contributed by atoms with Crippen LogP contribution in [-0.4, -0.2) is 31.2 Å². The van der Waals surface area contributed by atoms with Crippen LogP contribution in [0.1, 0.15) is 5.01 Å². The second kappa shape index (κ2) is 9.60. The number of anilines is 1.